The molecule has 0 aromatic rings. The van der Waals surface area contributed by atoms with E-state index in [1.165, 1.54) is 173 Å². The number of carbonyl (C=O) groups is 1. The van der Waals surface area contributed by atoms with Crippen molar-refractivity contribution in [3.05, 3.63) is 36.5 Å². The van der Waals surface area contributed by atoms with E-state index in [2.05, 4.69) is 54.5 Å². The molecular weight excluding hydrogens is 933 g/mol. The van der Waals surface area contributed by atoms with E-state index in [0.29, 0.717) is 13.0 Å². The fourth-order valence-corrected chi connectivity index (χ4v) is 9.78. The summed E-state index contributed by atoms with van der Waals surface area (Å²) in [5.41, 5.74) is 0. The lowest BCUT2D eigenvalue weighted by Crippen LogP contribution is -2.60. The van der Waals surface area contributed by atoms with Gasteiger partial charge in [0.2, 0.25) is 0 Å². The number of allylic oxidation sites excluding steroid dienone is 6. The van der Waals surface area contributed by atoms with E-state index in [-0.39, 0.29) is 19.6 Å². The van der Waals surface area contributed by atoms with Gasteiger partial charge < -0.3 is 34.3 Å². The van der Waals surface area contributed by atoms with Crippen LogP contribution in [0.25, 0.3) is 0 Å². The molecule has 1 aliphatic heterocycles. The minimum atomic E-state index is -5.07. The Morgan fingerprint density at radius 3 is 1.36 bits per heavy atom. The molecule has 0 radical (unpaired) electrons. The van der Waals surface area contributed by atoms with E-state index in [4.69, 9.17) is 18.9 Å². The number of carbonyl (C=O) groups excluding carboxylic acids is 1. The van der Waals surface area contributed by atoms with Crippen LogP contribution in [0.5, 0.6) is 0 Å². The zero-order chi connectivity index (χ0) is 52.4. The second-order valence-electron chi connectivity index (χ2n) is 20.6. The topological polar surface area (TPSA) is 178 Å². The highest BCUT2D eigenvalue weighted by molar-refractivity contribution is 7.80. The number of hydrogen-bond acceptors (Lipinski definition) is 11. The van der Waals surface area contributed by atoms with Crippen LogP contribution in [0.3, 0.4) is 0 Å². The molecule has 4 N–H and O–H groups in total. The Morgan fingerprint density at radius 2 is 0.917 bits per heavy atom. The van der Waals surface area contributed by atoms with E-state index < -0.39 is 59.8 Å². The first-order valence-corrected chi connectivity index (χ1v) is 31.1. The Labute approximate surface area is 441 Å². The zero-order valence-corrected chi connectivity index (χ0v) is 46.8. The van der Waals surface area contributed by atoms with Crippen molar-refractivity contribution in [1.29, 1.82) is 0 Å². The number of rotatable bonds is 53. The van der Waals surface area contributed by atoms with Gasteiger partial charge in [0.15, 0.2) is 6.29 Å². The Kier molecular flexibility index (Phi) is 47.6. The summed E-state index contributed by atoms with van der Waals surface area (Å²) in [6, 6.07) is 0. The SMILES string of the molecule is CCCCC/C=C\C/C=C\C/C=C\CCCCCCCCC(=O)OC(COCCCCCCCCCCCCCCCCCCCCCCCCCCCC)COC1OC(CO)C(O)C(OS(=O)(=O)O)C1O. The zero-order valence-electron chi connectivity index (χ0n) is 46.0. The van der Waals surface area contributed by atoms with Crippen molar-refractivity contribution < 1.29 is 56.2 Å². The van der Waals surface area contributed by atoms with Gasteiger partial charge in [0, 0.05) is 13.0 Å². The number of aliphatic hydroxyl groups excluding tert-OH is 3. The first-order chi connectivity index (χ1) is 35.1. The average Bonchev–Trinajstić information content (AvgIpc) is 3.36. The van der Waals surface area contributed by atoms with Crippen LogP contribution in [0.2, 0.25) is 0 Å². The number of aliphatic hydroxyl groups is 3. The van der Waals surface area contributed by atoms with Crippen LogP contribution >= 0.6 is 0 Å². The van der Waals surface area contributed by atoms with Gasteiger partial charge in [-0.2, -0.15) is 8.42 Å². The molecule has 1 saturated heterocycles. The van der Waals surface area contributed by atoms with E-state index in [1.807, 2.05) is 0 Å². The van der Waals surface area contributed by atoms with Gasteiger partial charge in [-0.3, -0.25) is 9.35 Å². The third-order valence-corrected chi connectivity index (χ3v) is 14.2. The van der Waals surface area contributed by atoms with Crippen molar-refractivity contribution in [3.63, 3.8) is 0 Å². The first-order valence-electron chi connectivity index (χ1n) is 29.7. The van der Waals surface area contributed by atoms with E-state index in [9.17, 15) is 33.1 Å². The summed E-state index contributed by atoms with van der Waals surface area (Å²) in [6.07, 6.45) is 53.3. The lowest BCUT2D eigenvalue weighted by atomic mass is 9.99. The molecule has 0 aromatic carbocycles. The molecular formula is C59H110O12S. The standard InChI is InChI=1S/C59H110O12S/c1-3-5-7-9-11-13-15-17-19-21-23-24-25-26-27-28-29-31-33-35-37-39-41-43-45-47-49-67-51-53(52-68-59-57(63)58(71-72(64,65)66)56(62)54(50-60)70-59)69-55(61)48-46-44-42-40-38-36-34-32-30-22-20-18-16-14-12-10-8-6-4-2/h12,14,18,20,30,32,53-54,56-60,62-63H,3-11,13,15-17,19,21-29,31,33-52H2,1-2H3,(H,64,65,66)/b14-12-,20-18-,32-30-. The second kappa shape index (κ2) is 50.2. The third-order valence-electron chi connectivity index (χ3n) is 13.8. The highest BCUT2D eigenvalue weighted by Gasteiger charge is 2.48. The van der Waals surface area contributed by atoms with Crippen LogP contribution in [0.4, 0.5) is 0 Å². The summed E-state index contributed by atoms with van der Waals surface area (Å²) in [4.78, 5) is 12.9. The van der Waals surface area contributed by atoms with Crippen molar-refractivity contribution in [3.8, 4) is 0 Å². The minimum Gasteiger partial charge on any atom is -0.457 e. The molecule has 424 valence electrons. The van der Waals surface area contributed by atoms with Crippen LogP contribution in [-0.4, -0.2) is 97.5 Å². The Bertz CT molecular complexity index is 1390. The molecule has 1 heterocycles. The van der Waals surface area contributed by atoms with Gasteiger partial charge in [-0.1, -0.05) is 249 Å². The molecule has 12 nitrogen and oxygen atoms in total. The van der Waals surface area contributed by atoms with Crippen molar-refractivity contribution >= 4 is 16.4 Å². The molecule has 13 heteroatoms. The van der Waals surface area contributed by atoms with Gasteiger partial charge in [0.1, 0.15) is 30.5 Å². The van der Waals surface area contributed by atoms with Crippen molar-refractivity contribution in [1.82, 2.24) is 0 Å². The molecule has 1 fully saturated rings. The molecule has 1 aliphatic rings. The van der Waals surface area contributed by atoms with Crippen LogP contribution < -0.4 is 0 Å². The summed E-state index contributed by atoms with van der Waals surface area (Å²) in [5.74, 6) is -0.407. The molecule has 6 unspecified atom stereocenters. The molecule has 0 aromatic heterocycles. The fourth-order valence-electron chi connectivity index (χ4n) is 9.27. The van der Waals surface area contributed by atoms with Crippen molar-refractivity contribution in [2.45, 2.75) is 307 Å². The Balaban J connectivity index is 2.27. The number of unbranched alkanes of at least 4 members (excludes halogenated alkanes) is 34. The maximum absolute atomic E-state index is 12.9. The maximum atomic E-state index is 12.9. The van der Waals surface area contributed by atoms with Gasteiger partial charge >= 0.3 is 16.4 Å². The van der Waals surface area contributed by atoms with E-state index in [0.717, 1.165) is 70.6 Å². The molecule has 6 atom stereocenters. The van der Waals surface area contributed by atoms with Crippen molar-refractivity contribution in [2.75, 3.05) is 26.4 Å². The summed E-state index contributed by atoms with van der Waals surface area (Å²) in [7, 11) is -5.07. The lowest BCUT2D eigenvalue weighted by molar-refractivity contribution is -0.301. The molecule has 0 spiro atoms. The van der Waals surface area contributed by atoms with Crippen LogP contribution in [-0.2, 0) is 38.3 Å². The van der Waals surface area contributed by atoms with Gasteiger partial charge in [0.25, 0.3) is 0 Å². The summed E-state index contributed by atoms with van der Waals surface area (Å²) < 4.78 is 59.4. The van der Waals surface area contributed by atoms with E-state index >= 15 is 0 Å². The van der Waals surface area contributed by atoms with Gasteiger partial charge in [-0.05, 0) is 51.4 Å². The second-order valence-corrected chi connectivity index (χ2v) is 21.6. The number of hydrogen-bond donors (Lipinski definition) is 4. The maximum Gasteiger partial charge on any atom is 0.397 e. The summed E-state index contributed by atoms with van der Waals surface area (Å²) >= 11 is 0. The molecule has 0 aliphatic carbocycles. The monoisotopic (exact) mass is 1040 g/mol. The number of ether oxygens (including phenoxy) is 4. The third kappa shape index (κ3) is 42.5. The van der Waals surface area contributed by atoms with Crippen LogP contribution in [0.1, 0.15) is 271 Å². The highest BCUT2D eigenvalue weighted by atomic mass is 32.3. The predicted octanol–water partition coefficient (Wildman–Crippen LogP) is 14.9. The molecule has 0 amide bonds. The predicted molar refractivity (Wildman–Crippen MR) is 294 cm³/mol. The fraction of sp³-hybridized carbons (Fsp3) is 0.881. The molecule has 72 heavy (non-hydrogen) atoms. The summed E-state index contributed by atoms with van der Waals surface area (Å²) in [6.45, 7) is 4.00. The highest BCUT2D eigenvalue weighted by Crippen LogP contribution is 2.26. The van der Waals surface area contributed by atoms with Gasteiger partial charge in [-0.25, -0.2) is 4.18 Å². The summed E-state index contributed by atoms with van der Waals surface area (Å²) in [5, 5.41) is 30.8. The van der Waals surface area contributed by atoms with Gasteiger partial charge in [-0.15, -0.1) is 0 Å². The minimum absolute atomic E-state index is 0.0340. The average molecular weight is 1040 g/mol. The smallest absolute Gasteiger partial charge is 0.397 e. The van der Waals surface area contributed by atoms with E-state index in [1.54, 1.807) is 0 Å². The molecule has 0 bridgehead atoms. The van der Waals surface area contributed by atoms with Crippen molar-refractivity contribution in [2.24, 2.45) is 0 Å². The quantitative estimate of drug-likeness (QED) is 0.0196. The Hall–Kier alpha value is -1.68. The largest absolute Gasteiger partial charge is 0.457 e. The van der Waals surface area contributed by atoms with Crippen LogP contribution in [0.15, 0.2) is 36.5 Å². The van der Waals surface area contributed by atoms with Gasteiger partial charge in [0.05, 0.1) is 19.8 Å². The molecule has 0 saturated carbocycles. The lowest BCUT2D eigenvalue weighted by Gasteiger charge is -2.41. The molecule has 1 rings (SSSR count). The number of esters is 1. The normalized spacial score (nSPS) is 19.1. The first kappa shape index (κ1) is 68.3. The Morgan fingerprint density at radius 1 is 0.528 bits per heavy atom. The van der Waals surface area contributed by atoms with Crippen LogP contribution in [0, 0.1) is 0 Å².